The van der Waals surface area contributed by atoms with Crippen LogP contribution < -0.4 is 16.0 Å². The van der Waals surface area contributed by atoms with E-state index < -0.39 is 11.9 Å². The van der Waals surface area contributed by atoms with Gasteiger partial charge < -0.3 is 16.0 Å². The van der Waals surface area contributed by atoms with Crippen LogP contribution in [-0.4, -0.2) is 30.3 Å². The summed E-state index contributed by atoms with van der Waals surface area (Å²) >= 11 is 0. The maximum atomic E-state index is 12.6. The minimum atomic E-state index is -0.720. The van der Waals surface area contributed by atoms with Gasteiger partial charge in [0.1, 0.15) is 6.04 Å². The zero-order valence-corrected chi connectivity index (χ0v) is 14.7. The van der Waals surface area contributed by atoms with Crippen LogP contribution in [0.2, 0.25) is 0 Å². The van der Waals surface area contributed by atoms with E-state index in [9.17, 15) is 14.4 Å². The average molecular weight is 353 g/mol. The van der Waals surface area contributed by atoms with Gasteiger partial charge in [0.2, 0.25) is 17.7 Å². The quantitative estimate of drug-likeness (QED) is 0.666. The van der Waals surface area contributed by atoms with Crippen molar-refractivity contribution in [2.75, 3.05) is 6.54 Å². The molecule has 2 rings (SSSR count). The number of carbonyl (C=O) groups is 3. The highest BCUT2D eigenvalue weighted by molar-refractivity contribution is 5.90. The minimum absolute atomic E-state index is 0.160. The second-order valence-electron chi connectivity index (χ2n) is 5.92. The highest BCUT2D eigenvalue weighted by atomic mass is 16.2. The molecule has 0 heterocycles. The van der Waals surface area contributed by atoms with Crippen molar-refractivity contribution in [2.24, 2.45) is 0 Å². The van der Waals surface area contributed by atoms with Crippen LogP contribution in [-0.2, 0) is 27.3 Å². The van der Waals surface area contributed by atoms with Gasteiger partial charge in [-0.05, 0) is 11.1 Å². The van der Waals surface area contributed by atoms with Crippen molar-refractivity contribution in [3.05, 3.63) is 71.8 Å². The summed E-state index contributed by atoms with van der Waals surface area (Å²) in [4.78, 5) is 35.6. The number of carbonyl (C=O) groups excluding carboxylic acids is 3. The van der Waals surface area contributed by atoms with Crippen LogP contribution in [0.3, 0.4) is 0 Å². The van der Waals surface area contributed by atoms with Crippen LogP contribution >= 0.6 is 0 Å². The first kappa shape index (κ1) is 19.2. The number of nitrogens with one attached hydrogen (secondary N) is 3. The fraction of sp³-hybridized carbons (Fsp3) is 0.250. The predicted molar refractivity (Wildman–Crippen MR) is 99.0 cm³/mol. The van der Waals surface area contributed by atoms with Crippen molar-refractivity contribution >= 4 is 17.7 Å². The van der Waals surface area contributed by atoms with Crippen LogP contribution in [0.25, 0.3) is 0 Å². The molecule has 0 aliphatic rings. The molecule has 0 aromatic heterocycles. The molecule has 6 heteroatoms. The van der Waals surface area contributed by atoms with E-state index in [1.54, 1.807) is 0 Å². The number of hydrogen-bond acceptors (Lipinski definition) is 3. The van der Waals surface area contributed by atoms with Gasteiger partial charge in [-0.25, -0.2) is 0 Å². The largest absolute Gasteiger partial charge is 0.350 e. The van der Waals surface area contributed by atoms with Crippen LogP contribution in [0.4, 0.5) is 0 Å². The molecule has 0 bridgehead atoms. The Bertz CT molecular complexity index is 732. The second kappa shape index (κ2) is 9.98. The Morgan fingerprint density at radius 1 is 0.846 bits per heavy atom. The smallest absolute Gasteiger partial charge is 0.243 e. The molecule has 0 fully saturated rings. The molecule has 0 spiro atoms. The maximum absolute atomic E-state index is 12.6. The lowest BCUT2D eigenvalue weighted by atomic mass is 10.0. The molecule has 0 unspecified atom stereocenters. The highest BCUT2D eigenvalue weighted by Gasteiger charge is 2.21. The lowest BCUT2D eigenvalue weighted by molar-refractivity contribution is -0.129. The molecule has 3 amide bonds. The van der Waals surface area contributed by atoms with Crippen LogP contribution in [0.1, 0.15) is 18.1 Å². The molecule has 3 N–H and O–H groups in total. The summed E-state index contributed by atoms with van der Waals surface area (Å²) in [6, 6.07) is 18.3. The highest BCUT2D eigenvalue weighted by Crippen LogP contribution is 2.04. The molecule has 1 atom stereocenters. The first-order valence-corrected chi connectivity index (χ1v) is 8.44. The van der Waals surface area contributed by atoms with E-state index >= 15 is 0 Å². The summed E-state index contributed by atoms with van der Waals surface area (Å²) in [6.07, 6.45) is 0.368. The summed E-state index contributed by atoms with van der Waals surface area (Å²) in [6.45, 7) is 1.56. The lowest BCUT2D eigenvalue weighted by Gasteiger charge is -2.19. The van der Waals surface area contributed by atoms with E-state index in [0.717, 1.165) is 11.1 Å². The van der Waals surface area contributed by atoms with Crippen molar-refractivity contribution in [3.63, 3.8) is 0 Å². The topological polar surface area (TPSA) is 87.3 Å². The van der Waals surface area contributed by atoms with Gasteiger partial charge in [-0.15, -0.1) is 0 Å². The molecule has 0 aliphatic heterocycles. The van der Waals surface area contributed by atoms with Crippen molar-refractivity contribution in [2.45, 2.75) is 25.9 Å². The first-order chi connectivity index (χ1) is 12.5. The summed E-state index contributed by atoms with van der Waals surface area (Å²) < 4.78 is 0. The number of rotatable bonds is 8. The fourth-order valence-electron chi connectivity index (χ4n) is 2.42. The third kappa shape index (κ3) is 6.76. The van der Waals surface area contributed by atoms with Crippen molar-refractivity contribution in [1.29, 1.82) is 0 Å². The van der Waals surface area contributed by atoms with Crippen molar-refractivity contribution in [1.82, 2.24) is 16.0 Å². The normalized spacial score (nSPS) is 11.3. The standard InChI is InChI=1S/C20H23N3O3/c1-15(24)21-14-19(25)23-18(12-16-8-4-2-5-9-16)20(26)22-13-17-10-6-3-7-11-17/h2-11,18H,12-14H2,1H3,(H,21,24)(H,22,26)(H,23,25)/t18-/m1/s1. The van der Waals surface area contributed by atoms with Gasteiger partial charge in [-0.3, -0.25) is 14.4 Å². The Balaban J connectivity index is 1.99. The van der Waals surface area contributed by atoms with Crippen molar-refractivity contribution < 1.29 is 14.4 Å². The van der Waals surface area contributed by atoms with Crippen LogP contribution in [0, 0.1) is 0 Å². The maximum Gasteiger partial charge on any atom is 0.243 e. The van der Waals surface area contributed by atoms with Gasteiger partial charge in [-0.2, -0.15) is 0 Å². The van der Waals surface area contributed by atoms with E-state index in [1.807, 2.05) is 60.7 Å². The van der Waals surface area contributed by atoms with Crippen LogP contribution in [0.5, 0.6) is 0 Å². The third-order valence-corrected chi connectivity index (χ3v) is 3.74. The predicted octanol–water partition coefficient (Wildman–Crippen LogP) is 1.17. The van der Waals surface area contributed by atoms with E-state index in [4.69, 9.17) is 0 Å². The summed E-state index contributed by atoms with van der Waals surface area (Å²) in [5.41, 5.74) is 1.91. The summed E-state index contributed by atoms with van der Waals surface area (Å²) in [5.74, 6) is -0.974. The summed E-state index contributed by atoms with van der Waals surface area (Å²) in [5, 5.41) is 7.97. The minimum Gasteiger partial charge on any atom is -0.350 e. The molecule has 6 nitrogen and oxygen atoms in total. The van der Waals surface area contributed by atoms with E-state index in [-0.39, 0.29) is 18.4 Å². The van der Waals surface area contributed by atoms with Gasteiger partial charge in [0.25, 0.3) is 0 Å². The van der Waals surface area contributed by atoms with Gasteiger partial charge in [0.15, 0.2) is 0 Å². The van der Waals surface area contributed by atoms with Gasteiger partial charge >= 0.3 is 0 Å². The number of benzene rings is 2. The Morgan fingerprint density at radius 2 is 1.42 bits per heavy atom. The zero-order chi connectivity index (χ0) is 18.8. The summed E-state index contributed by atoms with van der Waals surface area (Å²) in [7, 11) is 0. The average Bonchev–Trinajstić information content (AvgIpc) is 2.65. The molecule has 136 valence electrons. The SMILES string of the molecule is CC(=O)NCC(=O)N[C@H](Cc1ccccc1)C(=O)NCc1ccccc1. The Hall–Kier alpha value is -3.15. The van der Waals surface area contributed by atoms with E-state index in [1.165, 1.54) is 6.92 Å². The fourth-order valence-corrected chi connectivity index (χ4v) is 2.42. The Kier molecular flexibility index (Phi) is 7.36. The van der Waals surface area contributed by atoms with Gasteiger partial charge in [0, 0.05) is 19.9 Å². The third-order valence-electron chi connectivity index (χ3n) is 3.74. The van der Waals surface area contributed by atoms with Crippen LogP contribution in [0.15, 0.2) is 60.7 Å². The van der Waals surface area contributed by atoms with E-state index in [0.29, 0.717) is 13.0 Å². The van der Waals surface area contributed by atoms with Crippen molar-refractivity contribution in [3.8, 4) is 0 Å². The van der Waals surface area contributed by atoms with E-state index in [2.05, 4.69) is 16.0 Å². The number of amides is 3. The van der Waals surface area contributed by atoms with Gasteiger partial charge in [-0.1, -0.05) is 60.7 Å². The molecular formula is C20H23N3O3. The molecule has 26 heavy (non-hydrogen) atoms. The number of hydrogen-bond donors (Lipinski definition) is 3. The Labute approximate surface area is 153 Å². The molecule has 0 radical (unpaired) electrons. The first-order valence-electron chi connectivity index (χ1n) is 8.44. The monoisotopic (exact) mass is 353 g/mol. The molecule has 2 aromatic carbocycles. The second-order valence-corrected chi connectivity index (χ2v) is 5.92. The Morgan fingerprint density at radius 3 is 2.00 bits per heavy atom. The zero-order valence-electron chi connectivity index (χ0n) is 14.7. The molecule has 0 saturated heterocycles. The molecule has 0 saturated carbocycles. The molecular weight excluding hydrogens is 330 g/mol. The lowest BCUT2D eigenvalue weighted by Crippen LogP contribution is -2.50. The molecule has 2 aromatic rings. The molecule has 0 aliphatic carbocycles. The van der Waals surface area contributed by atoms with Gasteiger partial charge in [0.05, 0.1) is 6.54 Å².